The van der Waals surface area contributed by atoms with Gasteiger partial charge in [0.25, 0.3) is 0 Å². The number of nitriles is 1. The van der Waals surface area contributed by atoms with Gasteiger partial charge in [-0.05, 0) is 6.92 Å². The molecule has 64 valence electrons. The number of ether oxygens (including phenoxy) is 2. The average molecular weight is 167 g/mol. The Labute approximate surface area is 70.4 Å². The third-order valence-corrected chi connectivity index (χ3v) is 1.41. The van der Waals surface area contributed by atoms with Crippen LogP contribution in [0.3, 0.4) is 0 Å². The largest absolute Gasteiger partial charge is 0.459 e. The molecule has 1 saturated heterocycles. The Kier molecular flexibility index (Phi) is 2.83. The molecule has 1 atom stereocenters. The standard InChI is InChI=1S/C8H9NO3/c1-6(2-3-9)8(10)12-5-7-4-11-7/h2,7H,4-5H2,1H3/b6-2+. The second-order valence-corrected chi connectivity index (χ2v) is 2.51. The average Bonchev–Trinajstić information content (AvgIpc) is 2.83. The molecule has 1 aliphatic heterocycles. The van der Waals surface area contributed by atoms with Gasteiger partial charge in [0, 0.05) is 11.6 Å². The molecule has 0 aliphatic carbocycles. The molecule has 0 aromatic rings. The van der Waals surface area contributed by atoms with Crippen LogP contribution in [0.4, 0.5) is 0 Å². The number of allylic oxidation sites excluding steroid dienone is 1. The maximum atomic E-state index is 11.0. The van der Waals surface area contributed by atoms with Crippen molar-refractivity contribution < 1.29 is 14.3 Å². The van der Waals surface area contributed by atoms with Crippen molar-refractivity contribution in [1.29, 1.82) is 5.26 Å². The molecule has 12 heavy (non-hydrogen) atoms. The number of rotatable bonds is 3. The predicted molar refractivity (Wildman–Crippen MR) is 40.1 cm³/mol. The van der Waals surface area contributed by atoms with Crippen molar-refractivity contribution in [1.82, 2.24) is 0 Å². The van der Waals surface area contributed by atoms with Gasteiger partial charge in [-0.1, -0.05) is 0 Å². The van der Waals surface area contributed by atoms with E-state index < -0.39 is 5.97 Å². The number of hydrogen-bond acceptors (Lipinski definition) is 4. The summed E-state index contributed by atoms with van der Waals surface area (Å²) in [5.41, 5.74) is 0.318. The van der Waals surface area contributed by atoms with E-state index in [1.54, 1.807) is 13.0 Å². The van der Waals surface area contributed by atoms with Gasteiger partial charge >= 0.3 is 5.97 Å². The minimum atomic E-state index is -0.452. The zero-order valence-corrected chi connectivity index (χ0v) is 6.74. The highest BCUT2D eigenvalue weighted by Crippen LogP contribution is 2.09. The first-order valence-electron chi connectivity index (χ1n) is 3.59. The zero-order valence-electron chi connectivity index (χ0n) is 6.74. The van der Waals surface area contributed by atoms with Crippen LogP contribution in [0.25, 0.3) is 0 Å². The van der Waals surface area contributed by atoms with Crippen LogP contribution >= 0.6 is 0 Å². The van der Waals surface area contributed by atoms with Crippen molar-refractivity contribution in [2.24, 2.45) is 0 Å². The Morgan fingerprint density at radius 1 is 1.92 bits per heavy atom. The molecular weight excluding hydrogens is 158 g/mol. The highest BCUT2D eigenvalue weighted by Gasteiger charge is 2.24. The Hall–Kier alpha value is -1.34. The van der Waals surface area contributed by atoms with Crippen LogP contribution < -0.4 is 0 Å². The van der Waals surface area contributed by atoms with Crippen molar-refractivity contribution in [2.45, 2.75) is 13.0 Å². The summed E-state index contributed by atoms with van der Waals surface area (Å²) in [5, 5.41) is 8.22. The number of carbonyl (C=O) groups excluding carboxylic acids is 1. The number of nitrogens with zero attached hydrogens (tertiary/aromatic N) is 1. The molecule has 1 unspecified atom stereocenters. The van der Waals surface area contributed by atoms with Crippen molar-refractivity contribution >= 4 is 5.97 Å². The normalized spacial score (nSPS) is 21.3. The molecule has 1 aliphatic rings. The van der Waals surface area contributed by atoms with Gasteiger partial charge in [0.2, 0.25) is 0 Å². The lowest BCUT2D eigenvalue weighted by Gasteiger charge is -2.00. The lowest BCUT2D eigenvalue weighted by molar-refractivity contribution is -0.139. The Balaban J connectivity index is 2.26. The third-order valence-electron chi connectivity index (χ3n) is 1.41. The number of esters is 1. The molecule has 0 N–H and O–H groups in total. The molecule has 4 heteroatoms. The van der Waals surface area contributed by atoms with Gasteiger partial charge < -0.3 is 9.47 Å². The van der Waals surface area contributed by atoms with Gasteiger partial charge in [0.15, 0.2) is 0 Å². The van der Waals surface area contributed by atoms with E-state index in [9.17, 15) is 4.79 Å². The maximum absolute atomic E-state index is 11.0. The second kappa shape index (κ2) is 3.88. The van der Waals surface area contributed by atoms with Crippen LogP contribution in [0.2, 0.25) is 0 Å². The van der Waals surface area contributed by atoms with E-state index in [1.807, 2.05) is 0 Å². The number of epoxide rings is 1. The van der Waals surface area contributed by atoms with E-state index in [4.69, 9.17) is 14.7 Å². The first-order valence-corrected chi connectivity index (χ1v) is 3.59. The predicted octanol–water partition coefficient (Wildman–Crippen LogP) is 0.398. The van der Waals surface area contributed by atoms with E-state index >= 15 is 0 Å². The minimum absolute atomic E-state index is 0.0730. The number of carbonyl (C=O) groups is 1. The van der Waals surface area contributed by atoms with Crippen molar-refractivity contribution in [3.05, 3.63) is 11.6 Å². The Bertz CT molecular complexity index is 248. The fraction of sp³-hybridized carbons (Fsp3) is 0.500. The fourth-order valence-electron chi connectivity index (χ4n) is 0.602. The Morgan fingerprint density at radius 3 is 3.08 bits per heavy atom. The van der Waals surface area contributed by atoms with Crippen molar-refractivity contribution in [3.8, 4) is 6.07 Å². The van der Waals surface area contributed by atoms with Gasteiger partial charge in [-0.15, -0.1) is 0 Å². The number of hydrogen-bond donors (Lipinski definition) is 0. The van der Waals surface area contributed by atoms with Crippen LogP contribution in [0.5, 0.6) is 0 Å². The first-order chi connectivity index (χ1) is 5.74. The van der Waals surface area contributed by atoms with Crippen molar-refractivity contribution in [2.75, 3.05) is 13.2 Å². The highest BCUT2D eigenvalue weighted by molar-refractivity contribution is 5.88. The Morgan fingerprint density at radius 2 is 2.58 bits per heavy atom. The quantitative estimate of drug-likeness (QED) is 0.264. The summed E-state index contributed by atoms with van der Waals surface area (Å²) in [4.78, 5) is 11.0. The van der Waals surface area contributed by atoms with Crippen LogP contribution in [0.15, 0.2) is 11.6 Å². The molecule has 0 amide bonds. The molecule has 1 fully saturated rings. The summed E-state index contributed by atoms with van der Waals surface area (Å²) in [6.07, 6.45) is 1.24. The second-order valence-electron chi connectivity index (χ2n) is 2.51. The van der Waals surface area contributed by atoms with Gasteiger partial charge in [-0.2, -0.15) is 5.26 Å². The first kappa shape index (κ1) is 8.75. The van der Waals surface area contributed by atoms with Crippen LogP contribution in [-0.2, 0) is 14.3 Å². The molecule has 4 nitrogen and oxygen atoms in total. The van der Waals surface area contributed by atoms with Gasteiger partial charge in [0.05, 0.1) is 12.7 Å². The summed E-state index contributed by atoms with van der Waals surface area (Å²) in [6, 6.07) is 1.76. The third kappa shape index (κ3) is 2.72. The molecule has 1 rings (SSSR count). The van der Waals surface area contributed by atoms with Crippen molar-refractivity contribution in [3.63, 3.8) is 0 Å². The monoisotopic (exact) mass is 167 g/mol. The van der Waals surface area contributed by atoms with E-state index in [0.29, 0.717) is 12.2 Å². The fourth-order valence-corrected chi connectivity index (χ4v) is 0.602. The van der Waals surface area contributed by atoms with E-state index in [0.717, 1.165) is 6.08 Å². The maximum Gasteiger partial charge on any atom is 0.334 e. The molecule has 0 saturated carbocycles. The molecule has 0 bridgehead atoms. The summed E-state index contributed by atoms with van der Waals surface area (Å²) in [7, 11) is 0. The molecule has 0 aromatic heterocycles. The molecule has 1 heterocycles. The van der Waals surface area contributed by atoms with E-state index in [-0.39, 0.29) is 12.7 Å². The van der Waals surface area contributed by atoms with Gasteiger partial charge in [-0.25, -0.2) is 4.79 Å². The summed E-state index contributed by atoms with van der Waals surface area (Å²) >= 11 is 0. The summed E-state index contributed by atoms with van der Waals surface area (Å²) < 4.78 is 9.63. The summed E-state index contributed by atoms with van der Waals surface area (Å²) in [6.45, 7) is 2.49. The summed E-state index contributed by atoms with van der Waals surface area (Å²) in [5.74, 6) is -0.452. The molecule has 0 aromatic carbocycles. The zero-order chi connectivity index (χ0) is 8.97. The topological polar surface area (TPSA) is 62.6 Å². The SMILES string of the molecule is C/C(=C\C#N)C(=O)OCC1CO1. The lowest BCUT2D eigenvalue weighted by Crippen LogP contribution is -2.10. The van der Waals surface area contributed by atoms with Crippen LogP contribution in [0, 0.1) is 11.3 Å². The van der Waals surface area contributed by atoms with E-state index in [2.05, 4.69) is 0 Å². The van der Waals surface area contributed by atoms with E-state index in [1.165, 1.54) is 0 Å². The van der Waals surface area contributed by atoms with Crippen LogP contribution in [-0.4, -0.2) is 25.3 Å². The lowest BCUT2D eigenvalue weighted by atomic mass is 10.3. The van der Waals surface area contributed by atoms with Gasteiger partial charge in [0.1, 0.15) is 12.7 Å². The smallest absolute Gasteiger partial charge is 0.334 e. The molecular formula is C8H9NO3. The highest BCUT2D eigenvalue weighted by atomic mass is 16.6. The molecule has 0 spiro atoms. The minimum Gasteiger partial charge on any atom is -0.459 e. The van der Waals surface area contributed by atoms with Crippen LogP contribution in [0.1, 0.15) is 6.92 Å². The molecule has 0 radical (unpaired) electrons. The van der Waals surface area contributed by atoms with Gasteiger partial charge in [-0.3, -0.25) is 0 Å².